The van der Waals surface area contributed by atoms with Gasteiger partial charge in [0, 0.05) is 24.4 Å². The lowest BCUT2D eigenvalue weighted by Crippen LogP contribution is -2.11. The van der Waals surface area contributed by atoms with Gasteiger partial charge in [-0.3, -0.25) is 0 Å². The lowest BCUT2D eigenvalue weighted by Gasteiger charge is -2.11. The Balaban J connectivity index is 1.52. The molecule has 178 valence electrons. The van der Waals surface area contributed by atoms with Crippen LogP contribution in [0, 0.1) is 11.6 Å². The summed E-state index contributed by atoms with van der Waals surface area (Å²) in [5.74, 6) is -3.11. The molecule has 35 heavy (non-hydrogen) atoms. The number of anilines is 1. The summed E-state index contributed by atoms with van der Waals surface area (Å²) >= 11 is 0. The van der Waals surface area contributed by atoms with Crippen LogP contribution in [0.4, 0.5) is 27.8 Å². The van der Waals surface area contributed by atoms with Crippen LogP contribution < -0.4 is 5.73 Å². The minimum Gasteiger partial charge on any atom is -0.382 e. The number of aromatic nitrogens is 8. The number of halogens is 5. The molecule has 2 N–H and O–H groups in total. The molecule has 5 rings (SSSR count). The van der Waals surface area contributed by atoms with E-state index in [0.29, 0.717) is 16.9 Å². The van der Waals surface area contributed by atoms with E-state index in [0.717, 1.165) is 24.5 Å². The largest absolute Gasteiger partial charge is 0.451 e. The van der Waals surface area contributed by atoms with Crippen molar-refractivity contribution in [2.45, 2.75) is 19.0 Å². The molecule has 0 saturated heterocycles. The summed E-state index contributed by atoms with van der Waals surface area (Å²) in [6, 6.07) is 6.50. The van der Waals surface area contributed by atoms with Gasteiger partial charge < -0.3 is 5.73 Å². The highest BCUT2D eigenvalue weighted by Crippen LogP contribution is 2.29. The number of nitrogens with zero attached hydrogens (tertiary/aromatic N) is 8. The van der Waals surface area contributed by atoms with Crippen molar-refractivity contribution in [1.29, 1.82) is 0 Å². The van der Waals surface area contributed by atoms with E-state index in [2.05, 4.69) is 30.4 Å². The van der Waals surface area contributed by atoms with Crippen molar-refractivity contribution < 1.29 is 22.0 Å². The van der Waals surface area contributed by atoms with Gasteiger partial charge in [-0.05, 0) is 24.3 Å². The summed E-state index contributed by atoms with van der Waals surface area (Å²) in [6.45, 7) is 1.80. The van der Waals surface area contributed by atoms with Crippen LogP contribution in [0.2, 0.25) is 0 Å². The second kappa shape index (κ2) is 8.07. The van der Waals surface area contributed by atoms with Gasteiger partial charge in [0.25, 0.3) is 0 Å². The highest BCUT2D eigenvalue weighted by Gasteiger charge is 2.34. The number of hydrogen-bond acceptors (Lipinski definition) is 7. The van der Waals surface area contributed by atoms with E-state index in [-0.39, 0.29) is 22.9 Å². The Morgan fingerprint density at radius 3 is 2.46 bits per heavy atom. The van der Waals surface area contributed by atoms with Crippen molar-refractivity contribution in [2.75, 3.05) is 5.73 Å². The average Bonchev–Trinajstić information content (AvgIpc) is 3.46. The number of hydrogen-bond donors (Lipinski definition) is 1. The molecule has 0 saturated carbocycles. The average molecular weight is 487 g/mol. The van der Waals surface area contributed by atoms with E-state index in [4.69, 9.17) is 5.73 Å². The molecule has 0 aliphatic heterocycles. The van der Waals surface area contributed by atoms with Crippen LogP contribution in [0.5, 0.6) is 0 Å². The molecule has 0 bridgehead atoms. The fourth-order valence-electron chi connectivity index (χ4n) is 3.49. The molecule has 0 unspecified atom stereocenters. The molecule has 4 heterocycles. The molecule has 0 aliphatic carbocycles. The zero-order valence-electron chi connectivity index (χ0n) is 17.7. The number of alkyl halides is 3. The lowest BCUT2D eigenvalue weighted by molar-refractivity contribution is -0.144. The first-order chi connectivity index (χ1) is 16.6. The van der Waals surface area contributed by atoms with E-state index in [1.807, 2.05) is 0 Å². The van der Waals surface area contributed by atoms with Gasteiger partial charge >= 0.3 is 6.18 Å². The normalized spacial score (nSPS) is 12.9. The molecule has 0 fully saturated rings. The molecule has 14 heteroatoms. The molecule has 4 aromatic heterocycles. The molecular formula is C21H14F5N9. The first-order valence-electron chi connectivity index (χ1n) is 10.0. The van der Waals surface area contributed by atoms with Crippen LogP contribution in [0.1, 0.15) is 30.1 Å². The van der Waals surface area contributed by atoms with Gasteiger partial charge in [0.05, 0.1) is 23.1 Å². The van der Waals surface area contributed by atoms with Crippen molar-refractivity contribution in [3.05, 3.63) is 77.8 Å². The second-order valence-electron chi connectivity index (χ2n) is 7.57. The van der Waals surface area contributed by atoms with Gasteiger partial charge in [0.1, 0.15) is 17.0 Å². The number of benzene rings is 1. The van der Waals surface area contributed by atoms with E-state index in [9.17, 15) is 22.0 Å². The monoisotopic (exact) mass is 487 g/mol. The van der Waals surface area contributed by atoms with E-state index >= 15 is 0 Å². The Hall–Kier alpha value is -4.49. The smallest absolute Gasteiger partial charge is 0.382 e. The van der Waals surface area contributed by atoms with Crippen molar-refractivity contribution in [2.24, 2.45) is 0 Å². The number of fused-ring (bicyclic) bond motifs is 1. The summed E-state index contributed by atoms with van der Waals surface area (Å²) in [5, 5.41) is 12.4. The summed E-state index contributed by atoms with van der Waals surface area (Å²) < 4.78 is 68.3. The van der Waals surface area contributed by atoms with Crippen LogP contribution in [0.15, 0.2) is 48.9 Å². The van der Waals surface area contributed by atoms with Gasteiger partial charge in [-0.25, -0.2) is 32.9 Å². The summed E-state index contributed by atoms with van der Waals surface area (Å²) in [7, 11) is 0. The van der Waals surface area contributed by atoms with Gasteiger partial charge in [-0.15, -0.1) is 10.2 Å². The lowest BCUT2D eigenvalue weighted by atomic mass is 10.1. The minimum atomic E-state index is -4.68. The minimum absolute atomic E-state index is 0.0189. The van der Waals surface area contributed by atoms with Gasteiger partial charge in [-0.1, -0.05) is 12.1 Å². The van der Waals surface area contributed by atoms with Crippen LogP contribution >= 0.6 is 0 Å². The summed E-state index contributed by atoms with van der Waals surface area (Å²) in [4.78, 5) is 10.8. The first-order valence-corrected chi connectivity index (χ1v) is 10.0. The van der Waals surface area contributed by atoms with Crippen molar-refractivity contribution in [3.63, 3.8) is 0 Å². The number of nitrogen functional groups attached to an aromatic ring is 1. The molecule has 0 aliphatic rings. The maximum absolute atomic E-state index is 14.1. The third kappa shape index (κ3) is 4.02. The van der Waals surface area contributed by atoms with Gasteiger partial charge in [-0.2, -0.15) is 13.2 Å². The Kier molecular flexibility index (Phi) is 5.15. The second-order valence-corrected chi connectivity index (χ2v) is 7.57. The van der Waals surface area contributed by atoms with E-state index < -0.39 is 29.6 Å². The Labute approximate surface area is 193 Å². The summed E-state index contributed by atoms with van der Waals surface area (Å²) in [6.07, 6.45) is -1.26. The standard InChI is InChI=1S/C21H14F5N9/c1-10(14-9-34(33-31-14)16-3-2-12(22)6-13(16)23)15-4-5-17-18(27)30-19(32-35(15)17)11-7-28-20(29-8-11)21(24,25)26/h2-10H,1H3,(H2,27,30,32)/t10-/m0/s1. The fraction of sp³-hybridized carbons (Fsp3) is 0.143. The molecule has 9 nitrogen and oxygen atoms in total. The fourth-order valence-corrected chi connectivity index (χ4v) is 3.49. The van der Waals surface area contributed by atoms with Gasteiger partial charge in [0.15, 0.2) is 17.5 Å². The number of nitrogens with two attached hydrogens (primary N) is 1. The SMILES string of the molecule is C[C@@H](c1cn(-c2ccc(F)cc2F)nn1)c1ccc2c(N)nc(-c3cnc(C(F)(F)F)nc3)nn12. The highest BCUT2D eigenvalue weighted by molar-refractivity contribution is 5.69. The van der Waals surface area contributed by atoms with Crippen molar-refractivity contribution >= 4 is 11.3 Å². The molecular weight excluding hydrogens is 473 g/mol. The predicted molar refractivity (Wildman–Crippen MR) is 112 cm³/mol. The zero-order valence-corrected chi connectivity index (χ0v) is 17.7. The molecule has 5 aromatic rings. The third-order valence-electron chi connectivity index (χ3n) is 5.29. The molecule has 0 spiro atoms. The highest BCUT2D eigenvalue weighted by atomic mass is 19.4. The van der Waals surface area contributed by atoms with E-state index in [1.54, 1.807) is 19.1 Å². The van der Waals surface area contributed by atoms with Gasteiger partial charge in [0.2, 0.25) is 5.82 Å². The van der Waals surface area contributed by atoms with Crippen molar-refractivity contribution in [1.82, 2.24) is 39.6 Å². The van der Waals surface area contributed by atoms with Crippen LogP contribution in [-0.2, 0) is 6.18 Å². The Morgan fingerprint density at radius 2 is 1.77 bits per heavy atom. The Morgan fingerprint density at radius 1 is 1.03 bits per heavy atom. The summed E-state index contributed by atoms with van der Waals surface area (Å²) in [5.41, 5.74) is 7.73. The topological polar surface area (TPSA) is 113 Å². The zero-order chi connectivity index (χ0) is 24.9. The quantitative estimate of drug-likeness (QED) is 0.384. The molecule has 1 aromatic carbocycles. The maximum Gasteiger partial charge on any atom is 0.451 e. The molecule has 1 atom stereocenters. The van der Waals surface area contributed by atoms with Crippen LogP contribution in [-0.4, -0.2) is 39.6 Å². The van der Waals surface area contributed by atoms with Crippen LogP contribution in [0.3, 0.4) is 0 Å². The molecule has 0 radical (unpaired) electrons. The number of rotatable bonds is 4. The Bertz CT molecular complexity index is 1540. The van der Waals surface area contributed by atoms with E-state index in [1.165, 1.54) is 21.5 Å². The predicted octanol–water partition coefficient (Wildman–Crippen LogP) is 3.80. The third-order valence-corrected chi connectivity index (χ3v) is 5.29. The van der Waals surface area contributed by atoms with Crippen LogP contribution in [0.25, 0.3) is 22.6 Å². The van der Waals surface area contributed by atoms with Crippen molar-refractivity contribution in [3.8, 4) is 17.1 Å². The molecule has 0 amide bonds. The first kappa shape index (κ1) is 22.3. The maximum atomic E-state index is 14.1.